The van der Waals surface area contributed by atoms with E-state index >= 15 is 0 Å². The summed E-state index contributed by atoms with van der Waals surface area (Å²) in [5.41, 5.74) is 1.34. The van der Waals surface area contributed by atoms with E-state index in [9.17, 15) is 9.59 Å². The van der Waals surface area contributed by atoms with Crippen LogP contribution in [0.4, 0.5) is 0 Å². The monoisotopic (exact) mass is 502 g/mol. The molecule has 2 amide bonds. The number of piperidine rings is 1. The number of oxazole rings is 1. The standard InChI is InChI=1S/C23H27ClN6O5/c1-14-18(13-30-12-17(24)11-25-30)20(27-35-14)23(32)28-5-3-16(4-6-28)21-26-19(15(2)34-21)22(31)29-7-9-33-10-8-29/h11-12,16H,3-10,13H2,1-2H3. The molecule has 0 aromatic carbocycles. The molecule has 2 aliphatic rings. The summed E-state index contributed by atoms with van der Waals surface area (Å²) in [5, 5.41) is 8.73. The number of hydrogen-bond acceptors (Lipinski definition) is 8. The van der Waals surface area contributed by atoms with Gasteiger partial charge >= 0.3 is 0 Å². The molecule has 0 unspecified atom stereocenters. The number of aryl methyl sites for hydroxylation is 2. The number of ether oxygens (including phenoxy) is 1. The summed E-state index contributed by atoms with van der Waals surface area (Å²) < 4.78 is 18.2. The molecule has 12 heteroatoms. The molecule has 2 fully saturated rings. The number of aromatic nitrogens is 4. The SMILES string of the molecule is Cc1oc(C2CCN(C(=O)c3noc(C)c3Cn3cc(Cl)cn3)CC2)nc1C(=O)N1CCOCC1. The highest BCUT2D eigenvalue weighted by Gasteiger charge is 2.32. The van der Waals surface area contributed by atoms with Gasteiger partial charge in [0.1, 0.15) is 11.5 Å². The third kappa shape index (κ3) is 4.83. The van der Waals surface area contributed by atoms with E-state index in [1.165, 1.54) is 0 Å². The third-order valence-electron chi connectivity index (χ3n) is 6.55. The van der Waals surface area contributed by atoms with Gasteiger partial charge < -0.3 is 23.5 Å². The van der Waals surface area contributed by atoms with Crippen molar-refractivity contribution in [1.82, 2.24) is 29.7 Å². The molecule has 0 atom stereocenters. The van der Waals surface area contributed by atoms with Crippen molar-refractivity contribution in [2.75, 3.05) is 39.4 Å². The van der Waals surface area contributed by atoms with Gasteiger partial charge in [0.2, 0.25) is 0 Å². The zero-order chi connectivity index (χ0) is 24.5. The van der Waals surface area contributed by atoms with Crippen LogP contribution in [0, 0.1) is 13.8 Å². The van der Waals surface area contributed by atoms with Gasteiger partial charge in [0.05, 0.1) is 31.0 Å². The lowest BCUT2D eigenvalue weighted by molar-refractivity contribution is 0.0298. The Bertz CT molecular complexity index is 1220. The molecule has 0 bridgehead atoms. The number of rotatable bonds is 5. The van der Waals surface area contributed by atoms with Crippen LogP contribution in [-0.4, -0.2) is 80.9 Å². The summed E-state index contributed by atoms with van der Waals surface area (Å²) in [7, 11) is 0. The van der Waals surface area contributed by atoms with Gasteiger partial charge in [0.25, 0.3) is 11.8 Å². The summed E-state index contributed by atoms with van der Waals surface area (Å²) in [4.78, 5) is 34.2. The van der Waals surface area contributed by atoms with Gasteiger partial charge in [-0.15, -0.1) is 0 Å². The fourth-order valence-corrected chi connectivity index (χ4v) is 4.67. The van der Waals surface area contributed by atoms with Crippen molar-refractivity contribution in [2.24, 2.45) is 0 Å². The first-order valence-corrected chi connectivity index (χ1v) is 12.0. The zero-order valence-electron chi connectivity index (χ0n) is 19.7. The molecule has 3 aromatic rings. The van der Waals surface area contributed by atoms with Gasteiger partial charge in [0, 0.05) is 43.9 Å². The Morgan fingerprint density at radius 3 is 2.40 bits per heavy atom. The Morgan fingerprint density at radius 2 is 1.71 bits per heavy atom. The maximum atomic E-state index is 13.2. The van der Waals surface area contributed by atoms with Gasteiger partial charge in [-0.05, 0) is 26.7 Å². The molecule has 0 aliphatic carbocycles. The number of carbonyl (C=O) groups excluding carboxylic acids is 2. The molecule has 5 rings (SSSR count). The van der Waals surface area contributed by atoms with E-state index in [0.29, 0.717) is 92.5 Å². The van der Waals surface area contributed by atoms with E-state index in [-0.39, 0.29) is 23.4 Å². The smallest absolute Gasteiger partial charge is 0.276 e. The Labute approximate surface area is 206 Å². The van der Waals surface area contributed by atoms with Crippen LogP contribution in [0.15, 0.2) is 21.3 Å². The molecular formula is C23H27ClN6O5. The average Bonchev–Trinajstić information content (AvgIpc) is 3.58. The molecule has 186 valence electrons. The van der Waals surface area contributed by atoms with Crippen molar-refractivity contribution >= 4 is 23.4 Å². The minimum absolute atomic E-state index is 0.0359. The number of morpholine rings is 1. The van der Waals surface area contributed by atoms with Crippen molar-refractivity contribution in [3.8, 4) is 0 Å². The van der Waals surface area contributed by atoms with Gasteiger partial charge in [0.15, 0.2) is 17.3 Å². The van der Waals surface area contributed by atoms with E-state index in [2.05, 4.69) is 15.2 Å². The van der Waals surface area contributed by atoms with E-state index in [1.807, 2.05) is 0 Å². The number of hydrogen-bond donors (Lipinski definition) is 0. The second kappa shape index (κ2) is 9.82. The van der Waals surface area contributed by atoms with E-state index in [0.717, 1.165) is 0 Å². The van der Waals surface area contributed by atoms with Gasteiger partial charge in [-0.3, -0.25) is 14.3 Å². The summed E-state index contributed by atoms with van der Waals surface area (Å²) in [5.74, 6) is 1.38. The van der Waals surface area contributed by atoms with Gasteiger partial charge in [-0.1, -0.05) is 16.8 Å². The number of likely N-dealkylation sites (tertiary alicyclic amines) is 1. The average molecular weight is 503 g/mol. The number of nitrogens with zero attached hydrogens (tertiary/aromatic N) is 6. The Balaban J connectivity index is 1.23. The summed E-state index contributed by atoms with van der Waals surface area (Å²) in [6.07, 6.45) is 4.58. The topological polar surface area (TPSA) is 120 Å². The van der Waals surface area contributed by atoms with Crippen LogP contribution >= 0.6 is 11.6 Å². The Kier molecular flexibility index (Phi) is 6.61. The normalized spacial score (nSPS) is 17.2. The van der Waals surface area contributed by atoms with Crippen LogP contribution < -0.4 is 0 Å². The molecule has 0 spiro atoms. The van der Waals surface area contributed by atoms with Crippen molar-refractivity contribution in [3.63, 3.8) is 0 Å². The lowest BCUT2D eigenvalue weighted by Gasteiger charge is -2.30. The molecule has 0 radical (unpaired) electrons. The van der Waals surface area contributed by atoms with Crippen LogP contribution in [0.3, 0.4) is 0 Å². The first-order valence-electron chi connectivity index (χ1n) is 11.7. The molecule has 5 heterocycles. The molecule has 0 saturated carbocycles. The largest absolute Gasteiger partial charge is 0.445 e. The van der Waals surface area contributed by atoms with E-state index < -0.39 is 0 Å². The fraction of sp³-hybridized carbons (Fsp3) is 0.522. The fourth-order valence-electron chi connectivity index (χ4n) is 4.52. The quantitative estimate of drug-likeness (QED) is 0.522. The van der Waals surface area contributed by atoms with E-state index in [1.54, 1.807) is 40.7 Å². The van der Waals surface area contributed by atoms with Crippen LogP contribution in [0.2, 0.25) is 5.02 Å². The third-order valence-corrected chi connectivity index (χ3v) is 6.75. The zero-order valence-corrected chi connectivity index (χ0v) is 20.5. The van der Waals surface area contributed by atoms with Crippen LogP contribution in [0.25, 0.3) is 0 Å². The van der Waals surface area contributed by atoms with Crippen LogP contribution in [0.5, 0.6) is 0 Å². The highest BCUT2D eigenvalue weighted by molar-refractivity contribution is 6.30. The molecular weight excluding hydrogens is 476 g/mol. The molecule has 0 N–H and O–H groups in total. The maximum absolute atomic E-state index is 13.2. The summed E-state index contributed by atoms with van der Waals surface area (Å²) in [6.45, 7) is 7.11. The highest BCUT2D eigenvalue weighted by atomic mass is 35.5. The van der Waals surface area contributed by atoms with Crippen molar-refractivity contribution in [3.05, 3.63) is 51.8 Å². The minimum Gasteiger partial charge on any atom is -0.445 e. The predicted molar refractivity (Wildman–Crippen MR) is 123 cm³/mol. The predicted octanol–water partition coefficient (Wildman–Crippen LogP) is 2.67. The minimum atomic E-state index is -0.180. The van der Waals surface area contributed by atoms with Crippen molar-refractivity contribution in [1.29, 1.82) is 0 Å². The van der Waals surface area contributed by atoms with Crippen LogP contribution in [-0.2, 0) is 11.3 Å². The Morgan fingerprint density at radius 1 is 1.03 bits per heavy atom. The van der Waals surface area contributed by atoms with Gasteiger partial charge in [-0.2, -0.15) is 5.10 Å². The molecule has 3 aromatic heterocycles. The lowest BCUT2D eigenvalue weighted by atomic mass is 9.96. The first-order chi connectivity index (χ1) is 16.9. The molecule has 2 saturated heterocycles. The maximum Gasteiger partial charge on any atom is 0.276 e. The van der Waals surface area contributed by atoms with Crippen molar-refractivity contribution < 1.29 is 23.3 Å². The molecule has 35 heavy (non-hydrogen) atoms. The molecule has 2 aliphatic heterocycles. The summed E-state index contributed by atoms with van der Waals surface area (Å²) >= 11 is 5.96. The molecule has 11 nitrogen and oxygen atoms in total. The van der Waals surface area contributed by atoms with Gasteiger partial charge in [-0.25, -0.2) is 4.98 Å². The second-order valence-electron chi connectivity index (χ2n) is 8.85. The second-order valence-corrected chi connectivity index (χ2v) is 9.29. The van der Waals surface area contributed by atoms with Crippen molar-refractivity contribution in [2.45, 2.75) is 39.2 Å². The Hall–Kier alpha value is -3.18. The highest BCUT2D eigenvalue weighted by Crippen LogP contribution is 2.30. The first kappa shape index (κ1) is 23.6. The van der Waals surface area contributed by atoms with E-state index in [4.69, 9.17) is 25.3 Å². The number of amides is 2. The van der Waals surface area contributed by atoms with Crippen LogP contribution in [0.1, 0.15) is 62.7 Å². The number of carbonyl (C=O) groups is 2. The number of halogens is 1. The lowest BCUT2D eigenvalue weighted by Crippen LogP contribution is -2.41. The summed E-state index contributed by atoms with van der Waals surface area (Å²) in [6, 6.07) is 0.